The van der Waals surface area contributed by atoms with E-state index in [0.29, 0.717) is 22.9 Å². The van der Waals surface area contributed by atoms with E-state index in [2.05, 4.69) is 4.99 Å². The number of carbonyl (C=O) groups excluding carboxylic acids is 1. The van der Waals surface area contributed by atoms with Crippen molar-refractivity contribution in [2.24, 2.45) is 4.99 Å². The molecule has 0 amide bonds. The summed E-state index contributed by atoms with van der Waals surface area (Å²) >= 11 is 6.81. The first-order valence-corrected chi connectivity index (χ1v) is 13.7. The molecule has 0 saturated carbocycles. The minimum atomic E-state index is -4.98. The van der Waals surface area contributed by atoms with Crippen LogP contribution in [0, 0.1) is 0 Å². The third kappa shape index (κ3) is 6.13. The summed E-state index contributed by atoms with van der Waals surface area (Å²) in [6, 6.07) is 21.0. The molecule has 0 bridgehead atoms. The van der Waals surface area contributed by atoms with Crippen LogP contribution in [0.15, 0.2) is 99.9 Å². The first-order chi connectivity index (χ1) is 19.7. The number of alkyl halides is 3. The van der Waals surface area contributed by atoms with Crippen LogP contribution in [-0.2, 0) is 16.1 Å². The largest absolute Gasteiger partial charge is 0.489 e. The number of hydrogen-bond donors (Lipinski definition) is 0. The van der Waals surface area contributed by atoms with Gasteiger partial charge >= 0.3 is 12.1 Å². The van der Waals surface area contributed by atoms with Crippen LogP contribution in [0.5, 0.6) is 5.75 Å². The summed E-state index contributed by atoms with van der Waals surface area (Å²) in [5, 5.41) is 0.341. The predicted octanol–water partition coefficient (Wildman–Crippen LogP) is 5.57. The zero-order valence-electron chi connectivity index (χ0n) is 21.5. The number of benzene rings is 3. The van der Waals surface area contributed by atoms with Crippen molar-refractivity contribution in [2.75, 3.05) is 6.61 Å². The Morgan fingerprint density at radius 2 is 1.80 bits per heavy atom. The van der Waals surface area contributed by atoms with E-state index in [9.17, 15) is 22.8 Å². The molecule has 1 aliphatic heterocycles. The molecule has 0 unspecified atom stereocenters. The van der Waals surface area contributed by atoms with Crippen LogP contribution in [0.25, 0.3) is 6.08 Å². The van der Waals surface area contributed by atoms with Gasteiger partial charge in [-0.05, 0) is 54.0 Å². The SMILES string of the molecule is CCOC(=O)C1=C(C(F)(F)F)N=c2s/c(=C/c3cccc(OCc4ccccc4)c3)c(=O)n2[C@H]1c1ccc(Cl)cc1. The smallest absolute Gasteiger partial charge is 0.434 e. The molecule has 41 heavy (non-hydrogen) atoms. The number of halogens is 4. The molecule has 5 rings (SSSR count). The maximum atomic E-state index is 14.2. The van der Waals surface area contributed by atoms with Gasteiger partial charge < -0.3 is 9.47 Å². The molecular formula is C30H22ClF3N2O4S. The first-order valence-electron chi connectivity index (χ1n) is 12.5. The minimum Gasteiger partial charge on any atom is -0.489 e. The quantitative estimate of drug-likeness (QED) is 0.261. The van der Waals surface area contributed by atoms with E-state index in [0.717, 1.165) is 21.5 Å². The van der Waals surface area contributed by atoms with Gasteiger partial charge in [0.2, 0.25) is 0 Å². The Morgan fingerprint density at radius 3 is 2.49 bits per heavy atom. The molecule has 0 radical (unpaired) electrons. The predicted molar refractivity (Wildman–Crippen MR) is 149 cm³/mol. The maximum Gasteiger partial charge on any atom is 0.434 e. The second-order valence-corrected chi connectivity index (χ2v) is 10.4. The number of allylic oxidation sites excluding steroid dienone is 1. The maximum absolute atomic E-state index is 14.2. The Morgan fingerprint density at radius 1 is 1.07 bits per heavy atom. The van der Waals surface area contributed by atoms with Gasteiger partial charge in [-0.1, -0.05) is 77.5 Å². The van der Waals surface area contributed by atoms with E-state index in [1.165, 1.54) is 31.2 Å². The van der Waals surface area contributed by atoms with Crippen LogP contribution in [0.2, 0.25) is 5.02 Å². The van der Waals surface area contributed by atoms with Crippen LogP contribution in [-0.4, -0.2) is 23.3 Å². The summed E-state index contributed by atoms with van der Waals surface area (Å²) in [4.78, 5) is 30.2. The van der Waals surface area contributed by atoms with Crippen molar-refractivity contribution >= 4 is 35.0 Å². The van der Waals surface area contributed by atoms with Gasteiger partial charge in [0.1, 0.15) is 12.4 Å². The van der Waals surface area contributed by atoms with E-state index >= 15 is 0 Å². The van der Waals surface area contributed by atoms with Gasteiger partial charge in [0, 0.05) is 5.02 Å². The van der Waals surface area contributed by atoms with Crippen LogP contribution in [0.3, 0.4) is 0 Å². The number of fused-ring (bicyclic) bond motifs is 1. The minimum absolute atomic E-state index is 0.134. The Balaban J connectivity index is 1.63. The Bertz CT molecular complexity index is 1800. The average Bonchev–Trinajstić information content (AvgIpc) is 3.26. The van der Waals surface area contributed by atoms with Gasteiger partial charge in [0.15, 0.2) is 10.5 Å². The lowest BCUT2D eigenvalue weighted by Crippen LogP contribution is -2.41. The molecule has 6 nitrogen and oxygen atoms in total. The first kappa shape index (κ1) is 28.4. The van der Waals surface area contributed by atoms with Gasteiger partial charge in [0.05, 0.1) is 22.8 Å². The summed E-state index contributed by atoms with van der Waals surface area (Å²) in [6.07, 6.45) is -3.42. The highest BCUT2D eigenvalue weighted by Gasteiger charge is 2.45. The Hall–Kier alpha value is -4.15. The van der Waals surface area contributed by atoms with Crippen molar-refractivity contribution in [1.29, 1.82) is 0 Å². The molecule has 4 aromatic rings. The molecule has 3 aromatic carbocycles. The number of aromatic nitrogens is 1. The number of nitrogens with zero attached hydrogens (tertiary/aromatic N) is 2. The van der Waals surface area contributed by atoms with Crippen molar-refractivity contribution < 1.29 is 27.4 Å². The van der Waals surface area contributed by atoms with E-state index in [1.54, 1.807) is 30.3 Å². The van der Waals surface area contributed by atoms with Crippen molar-refractivity contribution in [1.82, 2.24) is 4.57 Å². The fourth-order valence-electron chi connectivity index (χ4n) is 4.39. The standard InChI is InChI=1S/C30H22ClF3N2O4S/c1-2-39-28(38)24-25(20-11-13-21(31)14-12-20)36-27(37)23(41-29(36)35-26(24)30(32,33)34)16-19-9-6-10-22(15-19)40-17-18-7-4-3-5-8-18/h3-16,25H,2,17H2,1H3/b23-16+/t25-/m0/s1. The molecule has 0 N–H and O–H groups in total. The van der Waals surface area contributed by atoms with Gasteiger partial charge in [-0.2, -0.15) is 13.2 Å². The van der Waals surface area contributed by atoms with Gasteiger partial charge in [-0.3, -0.25) is 9.36 Å². The summed E-state index contributed by atoms with van der Waals surface area (Å²) < 4.78 is 54.8. The Labute approximate surface area is 241 Å². The summed E-state index contributed by atoms with van der Waals surface area (Å²) in [7, 11) is 0. The summed E-state index contributed by atoms with van der Waals surface area (Å²) in [5.41, 5.74) is -0.946. The van der Waals surface area contributed by atoms with Gasteiger partial charge in [-0.15, -0.1) is 0 Å². The third-order valence-corrected chi connectivity index (χ3v) is 7.42. The molecule has 0 spiro atoms. The van der Waals surface area contributed by atoms with E-state index in [-0.39, 0.29) is 21.5 Å². The summed E-state index contributed by atoms with van der Waals surface area (Å²) in [6.45, 7) is 1.66. The molecule has 0 aliphatic carbocycles. The molecule has 210 valence electrons. The highest BCUT2D eigenvalue weighted by Crippen LogP contribution is 2.38. The van der Waals surface area contributed by atoms with E-state index < -0.39 is 35.0 Å². The topological polar surface area (TPSA) is 69.9 Å². The van der Waals surface area contributed by atoms with Crippen LogP contribution < -0.4 is 19.6 Å². The van der Waals surface area contributed by atoms with Gasteiger partial charge in [0.25, 0.3) is 5.56 Å². The zero-order valence-corrected chi connectivity index (χ0v) is 23.1. The van der Waals surface area contributed by atoms with Crippen LogP contribution in [0.1, 0.15) is 29.7 Å². The zero-order chi connectivity index (χ0) is 29.1. The molecule has 0 fully saturated rings. The normalized spacial score (nSPS) is 15.3. The third-order valence-electron chi connectivity index (χ3n) is 6.18. The number of hydrogen-bond acceptors (Lipinski definition) is 6. The molecule has 1 aromatic heterocycles. The van der Waals surface area contributed by atoms with Crippen molar-refractivity contribution in [2.45, 2.75) is 25.7 Å². The fraction of sp³-hybridized carbons (Fsp3) is 0.167. The van der Waals surface area contributed by atoms with Crippen LogP contribution >= 0.6 is 22.9 Å². The van der Waals surface area contributed by atoms with Gasteiger partial charge in [-0.25, -0.2) is 9.79 Å². The van der Waals surface area contributed by atoms with E-state index in [1.807, 2.05) is 30.3 Å². The number of ether oxygens (including phenoxy) is 2. The van der Waals surface area contributed by atoms with Crippen LogP contribution in [0.4, 0.5) is 13.2 Å². The van der Waals surface area contributed by atoms with Crippen molar-refractivity contribution in [3.8, 4) is 5.75 Å². The molecule has 11 heteroatoms. The molecule has 2 heterocycles. The number of rotatable bonds is 7. The Kier molecular flexibility index (Phi) is 8.14. The second kappa shape index (κ2) is 11.8. The fourth-order valence-corrected chi connectivity index (χ4v) is 5.51. The van der Waals surface area contributed by atoms with Crippen molar-refractivity contribution in [3.63, 3.8) is 0 Å². The molecule has 1 aliphatic rings. The summed E-state index contributed by atoms with van der Waals surface area (Å²) in [5.74, 6) is -0.653. The lowest BCUT2D eigenvalue weighted by atomic mass is 9.95. The molecule has 1 atom stereocenters. The number of carbonyl (C=O) groups is 1. The number of esters is 1. The second-order valence-electron chi connectivity index (χ2n) is 8.96. The highest BCUT2D eigenvalue weighted by atomic mass is 35.5. The highest BCUT2D eigenvalue weighted by molar-refractivity contribution is 7.07. The monoisotopic (exact) mass is 598 g/mol. The molecular weight excluding hydrogens is 577 g/mol. The molecule has 0 saturated heterocycles. The lowest BCUT2D eigenvalue weighted by molar-refractivity contribution is -0.140. The number of thiazole rings is 1. The average molecular weight is 599 g/mol. The van der Waals surface area contributed by atoms with E-state index in [4.69, 9.17) is 21.1 Å². The van der Waals surface area contributed by atoms with Crippen molar-refractivity contribution in [3.05, 3.63) is 132 Å². The lowest BCUT2D eigenvalue weighted by Gasteiger charge is -2.26.